The van der Waals surface area contributed by atoms with Crippen molar-refractivity contribution in [1.82, 2.24) is 14.9 Å². The normalized spacial score (nSPS) is 23.6. The van der Waals surface area contributed by atoms with Crippen molar-refractivity contribution in [2.24, 2.45) is 0 Å². The van der Waals surface area contributed by atoms with Crippen molar-refractivity contribution >= 4 is 27.6 Å². The van der Waals surface area contributed by atoms with E-state index in [-0.39, 0.29) is 24.8 Å². The summed E-state index contributed by atoms with van der Waals surface area (Å²) in [6.07, 6.45) is 7.80. The van der Waals surface area contributed by atoms with Crippen LogP contribution in [0.4, 0.5) is 4.79 Å². The number of fused-ring (bicyclic) bond motifs is 3. The summed E-state index contributed by atoms with van der Waals surface area (Å²) >= 11 is 1.73. The van der Waals surface area contributed by atoms with Crippen molar-refractivity contribution in [2.75, 3.05) is 13.7 Å². The van der Waals surface area contributed by atoms with Gasteiger partial charge in [-0.3, -0.25) is 0 Å². The first-order chi connectivity index (χ1) is 14.8. The molecule has 1 fully saturated rings. The van der Waals surface area contributed by atoms with Crippen molar-refractivity contribution in [3.63, 3.8) is 0 Å². The lowest BCUT2D eigenvalue weighted by Gasteiger charge is -2.35. The number of hydrogen-bond donors (Lipinski definition) is 1. The molecule has 0 bridgehead atoms. The smallest absolute Gasteiger partial charge is 0.410 e. The van der Waals surface area contributed by atoms with Gasteiger partial charge in [-0.05, 0) is 77.2 Å². The van der Waals surface area contributed by atoms with Crippen LogP contribution in [-0.4, -0.2) is 57.5 Å². The minimum atomic E-state index is -0.487. The molecule has 0 radical (unpaired) electrons. The molecule has 1 N–H and O–H groups in total. The van der Waals surface area contributed by atoms with Crippen LogP contribution in [0.25, 0.3) is 10.2 Å². The van der Waals surface area contributed by atoms with E-state index >= 15 is 0 Å². The molecule has 0 spiro atoms. The van der Waals surface area contributed by atoms with E-state index < -0.39 is 5.60 Å². The second-order valence-corrected chi connectivity index (χ2v) is 10.8. The van der Waals surface area contributed by atoms with Crippen molar-refractivity contribution in [1.29, 1.82) is 0 Å². The Kier molecular flexibility index (Phi) is 6.40. The molecule has 2 aliphatic rings. The van der Waals surface area contributed by atoms with Gasteiger partial charge in [0.25, 0.3) is 0 Å². The quantitative estimate of drug-likeness (QED) is 0.718. The Morgan fingerprint density at radius 2 is 1.97 bits per heavy atom. The van der Waals surface area contributed by atoms with Crippen LogP contribution in [0.1, 0.15) is 75.7 Å². The number of aryl methyl sites for hydroxylation is 1. The number of amides is 1. The average molecular weight is 448 g/mol. The Bertz CT molecular complexity index is 931. The molecule has 1 saturated carbocycles. The van der Waals surface area contributed by atoms with Crippen LogP contribution in [0.15, 0.2) is 6.33 Å². The molecule has 7 nitrogen and oxygen atoms in total. The second kappa shape index (κ2) is 8.90. The molecular weight excluding hydrogens is 414 g/mol. The minimum Gasteiger partial charge on any atom is -0.474 e. The average Bonchev–Trinajstić information content (AvgIpc) is 3.27. The number of thiophene rings is 1. The number of nitrogens with zero attached hydrogens (tertiary/aromatic N) is 3. The number of carbonyl (C=O) groups excluding carboxylic acids is 1. The monoisotopic (exact) mass is 447 g/mol. The molecule has 0 saturated heterocycles. The first-order valence-corrected chi connectivity index (χ1v) is 12.1. The van der Waals surface area contributed by atoms with Gasteiger partial charge < -0.3 is 19.5 Å². The fourth-order valence-electron chi connectivity index (χ4n) is 4.77. The van der Waals surface area contributed by atoms with E-state index in [0.717, 1.165) is 55.2 Å². The largest absolute Gasteiger partial charge is 0.474 e. The Morgan fingerprint density at radius 3 is 2.65 bits per heavy atom. The van der Waals surface area contributed by atoms with Gasteiger partial charge in [0.2, 0.25) is 5.88 Å². The molecule has 2 aromatic heterocycles. The maximum Gasteiger partial charge on any atom is 0.410 e. The van der Waals surface area contributed by atoms with Gasteiger partial charge in [-0.2, -0.15) is 0 Å². The summed E-state index contributed by atoms with van der Waals surface area (Å²) in [7, 11) is 1.82. The molecule has 2 aromatic rings. The second-order valence-electron chi connectivity index (χ2n) is 9.69. The molecule has 8 heteroatoms. The summed E-state index contributed by atoms with van der Waals surface area (Å²) in [5, 5.41) is 10.5. The van der Waals surface area contributed by atoms with Crippen LogP contribution < -0.4 is 4.74 Å². The Labute approximate surface area is 187 Å². The predicted molar refractivity (Wildman–Crippen MR) is 121 cm³/mol. The van der Waals surface area contributed by atoms with E-state index in [0.29, 0.717) is 11.8 Å². The number of rotatable bonds is 5. The topological polar surface area (TPSA) is 84.8 Å². The molecule has 2 aliphatic carbocycles. The molecule has 0 aromatic carbocycles. The van der Waals surface area contributed by atoms with E-state index in [1.165, 1.54) is 10.4 Å². The number of aromatic nitrogens is 2. The van der Waals surface area contributed by atoms with Gasteiger partial charge in [-0.15, -0.1) is 11.3 Å². The highest BCUT2D eigenvalue weighted by molar-refractivity contribution is 7.19. The van der Waals surface area contributed by atoms with Crippen LogP contribution in [0.3, 0.4) is 0 Å². The van der Waals surface area contributed by atoms with Crippen LogP contribution in [-0.2, 0) is 11.2 Å². The molecule has 0 unspecified atom stereocenters. The zero-order chi connectivity index (χ0) is 22.2. The summed E-state index contributed by atoms with van der Waals surface area (Å²) in [4.78, 5) is 25.4. The highest BCUT2D eigenvalue weighted by Crippen LogP contribution is 2.47. The highest BCUT2D eigenvalue weighted by Gasteiger charge is 2.33. The molecule has 0 aliphatic heterocycles. The van der Waals surface area contributed by atoms with Crippen molar-refractivity contribution in [3.05, 3.63) is 16.8 Å². The standard InChI is InChI=1S/C23H33N3O4S/c1-23(2,3)30-22(28)26(4)15-6-8-16(9-7-15)29-20-19-18-14(11-12-27)5-10-17(18)31-21(19)25-13-24-20/h13-16,27H,5-12H2,1-4H3/t14-,15-,16-/m0/s1. The number of hydrogen-bond acceptors (Lipinski definition) is 7. The van der Waals surface area contributed by atoms with Gasteiger partial charge in [0.05, 0.1) is 5.39 Å². The predicted octanol–water partition coefficient (Wildman–Crippen LogP) is 4.66. The number of carbonyl (C=O) groups is 1. The van der Waals surface area contributed by atoms with Crippen LogP contribution in [0.2, 0.25) is 0 Å². The van der Waals surface area contributed by atoms with Gasteiger partial charge in [-0.25, -0.2) is 14.8 Å². The maximum atomic E-state index is 12.4. The molecule has 4 rings (SSSR count). The SMILES string of the molecule is CN(C(=O)OC(C)(C)C)[C@H]1CC[C@H](Oc2ncnc3sc4c(c23)[C@H](CCO)CC4)CC1. The fraction of sp³-hybridized carbons (Fsp3) is 0.696. The first-order valence-electron chi connectivity index (χ1n) is 11.3. The van der Waals surface area contributed by atoms with E-state index in [4.69, 9.17) is 9.47 Å². The highest BCUT2D eigenvalue weighted by atomic mass is 32.1. The minimum absolute atomic E-state index is 0.0784. The Morgan fingerprint density at radius 1 is 1.23 bits per heavy atom. The van der Waals surface area contributed by atoms with Gasteiger partial charge >= 0.3 is 6.09 Å². The lowest BCUT2D eigenvalue weighted by molar-refractivity contribution is 0.0138. The Hall–Kier alpha value is -1.93. The number of aliphatic hydroxyl groups excluding tert-OH is 1. The van der Waals surface area contributed by atoms with E-state index in [2.05, 4.69) is 9.97 Å². The number of aliphatic hydroxyl groups is 1. The number of ether oxygens (including phenoxy) is 2. The van der Waals surface area contributed by atoms with Crippen molar-refractivity contribution in [3.8, 4) is 5.88 Å². The van der Waals surface area contributed by atoms with E-state index in [1.54, 1.807) is 22.6 Å². The molecule has 1 atom stereocenters. The summed E-state index contributed by atoms with van der Waals surface area (Å²) in [6, 6.07) is 0.166. The van der Waals surface area contributed by atoms with Gasteiger partial charge in [0.1, 0.15) is 22.9 Å². The summed E-state index contributed by atoms with van der Waals surface area (Å²) in [5.41, 5.74) is 0.807. The van der Waals surface area contributed by atoms with E-state index in [9.17, 15) is 9.90 Å². The van der Waals surface area contributed by atoms with Gasteiger partial charge in [-0.1, -0.05) is 0 Å². The van der Waals surface area contributed by atoms with Crippen LogP contribution in [0, 0.1) is 0 Å². The van der Waals surface area contributed by atoms with Gasteiger partial charge in [0, 0.05) is 24.6 Å². The van der Waals surface area contributed by atoms with Crippen LogP contribution >= 0.6 is 11.3 Å². The fourth-order valence-corrected chi connectivity index (χ4v) is 6.00. The third-order valence-corrected chi connectivity index (χ3v) is 7.50. The van der Waals surface area contributed by atoms with Crippen molar-refractivity contribution < 1.29 is 19.4 Å². The lowest BCUT2D eigenvalue weighted by atomic mass is 9.92. The summed E-state index contributed by atoms with van der Waals surface area (Å²) in [6.45, 7) is 5.86. The maximum absolute atomic E-state index is 12.4. The summed E-state index contributed by atoms with van der Waals surface area (Å²) < 4.78 is 11.9. The van der Waals surface area contributed by atoms with E-state index in [1.807, 2.05) is 27.8 Å². The molecular formula is C23H33N3O4S. The van der Waals surface area contributed by atoms with Crippen molar-refractivity contribution in [2.45, 2.75) is 89.4 Å². The van der Waals surface area contributed by atoms with Crippen LogP contribution in [0.5, 0.6) is 5.88 Å². The third kappa shape index (κ3) is 4.80. The summed E-state index contributed by atoms with van der Waals surface area (Å²) in [5.74, 6) is 1.04. The zero-order valence-electron chi connectivity index (χ0n) is 18.9. The zero-order valence-corrected chi connectivity index (χ0v) is 19.7. The first kappa shape index (κ1) is 22.3. The molecule has 170 valence electrons. The Balaban J connectivity index is 1.43. The third-order valence-electron chi connectivity index (χ3n) is 6.32. The molecule has 1 amide bonds. The van der Waals surface area contributed by atoms with Gasteiger partial charge in [0.15, 0.2) is 0 Å². The molecule has 31 heavy (non-hydrogen) atoms. The molecule has 2 heterocycles. The lowest BCUT2D eigenvalue weighted by Crippen LogP contribution is -2.43.